The molecule has 1 aromatic carbocycles. The highest BCUT2D eigenvalue weighted by Gasteiger charge is 2.18. The summed E-state index contributed by atoms with van der Waals surface area (Å²) >= 11 is 11.4. The highest BCUT2D eigenvalue weighted by molar-refractivity contribution is 7.71. The number of aromatic nitrogens is 3. The van der Waals surface area contributed by atoms with Crippen LogP contribution in [0.3, 0.4) is 0 Å². The first kappa shape index (κ1) is 14.7. The van der Waals surface area contributed by atoms with Gasteiger partial charge >= 0.3 is 0 Å². The summed E-state index contributed by atoms with van der Waals surface area (Å²) < 4.78 is 4.12. The van der Waals surface area contributed by atoms with Crippen molar-refractivity contribution in [2.45, 2.75) is 26.2 Å². The Morgan fingerprint density at radius 2 is 2.19 bits per heavy atom. The lowest BCUT2D eigenvalue weighted by atomic mass is 10.0. The monoisotopic (exact) mass is 324 g/mol. The molecular formula is C14H17ClN4OS. The molecule has 112 valence electrons. The van der Waals surface area contributed by atoms with Gasteiger partial charge in [0.2, 0.25) is 0 Å². The van der Waals surface area contributed by atoms with Gasteiger partial charge in [-0.05, 0) is 41.9 Å². The minimum atomic E-state index is -0.106. The number of hydrogen-bond donors (Lipinski definition) is 1. The first-order valence-electron chi connectivity index (χ1n) is 6.81. The topological polar surface area (TPSA) is 46.2 Å². The maximum absolute atomic E-state index is 9.25. The molecule has 21 heavy (non-hydrogen) atoms. The summed E-state index contributed by atoms with van der Waals surface area (Å²) in [7, 11) is 1.82. The molecule has 3 rings (SSSR count). The Balaban J connectivity index is 1.80. The fourth-order valence-electron chi connectivity index (χ4n) is 2.66. The van der Waals surface area contributed by atoms with E-state index in [0.717, 1.165) is 24.5 Å². The van der Waals surface area contributed by atoms with Crippen LogP contribution in [0.5, 0.6) is 0 Å². The van der Waals surface area contributed by atoms with Crippen molar-refractivity contribution in [2.24, 2.45) is 7.05 Å². The molecule has 0 fully saturated rings. The van der Waals surface area contributed by atoms with Crippen LogP contribution in [0.15, 0.2) is 18.2 Å². The summed E-state index contributed by atoms with van der Waals surface area (Å²) in [5, 5.41) is 14.4. The lowest BCUT2D eigenvalue weighted by Crippen LogP contribution is -2.32. The standard InChI is InChI=1S/C14H17ClN4OS/c1-17-13(8-20)16-19(14(17)21)9-18-5-4-10-2-3-12(15)6-11(10)7-18/h2-3,6,20H,4-5,7-9H2,1H3. The second kappa shape index (κ2) is 5.88. The van der Waals surface area contributed by atoms with Crippen LogP contribution in [-0.4, -0.2) is 30.9 Å². The number of aliphatic hydroxyl groups is 1. The minimum absolute atomic E-state index is 0.106. The second-order valence-corrected chi connectivity index (χ2v) is 6.07. The van der Waals surface area contributed by atoms with Gasteiger partial charge in [0.25, 0.3) is 0 Å². The third-order valence-electron chi connectivity index (χ3n) is 3.87. The van der Waals surface area contributed by atoms with Crippen LogP contribution < -0.4 is 0 Å². The van der Waals surface area contributed by atoms with Gasteiger partial charge in [-0.15, -0.1) is 0 Å². The Morgan fingerprint density at radius 1 is 1.38 bits per heavy atom. The Labute approximate surface area is 133 Å². The average molecular weight is 325 g/mol. The van der Waals surface area contributed by atoms with Crippen molar-refractivity contribution in [1.29, 1.82) is 0 Å². The first-order valence-corrected chi connectivity index (χ1v) is 7.60. The van der Waals surface area contributed by atoms with Crippen molar-refractivity contribution in [1.82, 2.24) is 19.2 Å². The summed E-state index contributed by atoms with van der Waals surface area (Å²) in [6, 6.07) is 6.07. The summed E-state index contributed by atoms with van der Waals surface area (Å²) in [5.74, 6) is 0.584. The Hall–Kier alpha value is -1.21. The molecule has 1 N–H and O–H groups in total. The van der Waals surface area contributed by atoms with Gasteiger partial charge in [0.15, 0.2) is 10.6 Å². The molecule has 7 heteroatoms. The van der Waals surface area contributed by atoms with Crippen LogP contribution in [0.2, 0.25) is 5.02 Å². The number of halogens is 1. The molecule has 0 unspecified atom stereocenters. The molecule has 0 saturated carbocycles. The van der Waals surface area contributed by atoms with Gasteiger partial charge in [0, 0.05) is 25.2 Å². The van der Waals surface area contributed by atoms with E-state index in [4.69, 9.17) is 23.8 Å². The van der Waals surface area contributed by atoms with Gasteiger partial charge in [-0.3, -0.25) is 4.90 Å². The van der Waals surface area contributed by atoms with E-state index in [-0.39, 0.29) is 6.61 Å². The van der Waals surface area contributed by atoms with E-state index in [1.165, 1.54) is 11.1 Å². The zero-order valence-corrected chi connectivity index (χ0v) is 13.4. The normalized spacial score (nSPS) is 15.2. The third-order valence-corrected chi connectivity index (χ3v) is 4.59. The molecule has 2 heterocycles. The molecule has 0 saturated heterocycles. The lowest BCUT2D eigenvalue weighted by Gasteiger charge is -2.28. The number of fused-ring (bicyclic) bond motifs is 1. The lowest BCUT2D eigenvalue weighted by molar-refractivity contribution is 0.186. The molecule has 2 aromatic rings. The first-order chi connectivity index (χ1) is 10.1. The van der Waals surface area contributed by atoms with E-state index in [9.17, 15) is 5.11 Å². The van der Waals surface area contributed by atoms with Gasteiger partial charge < -0.3 is 9.67 Å². The van der Waals surface area contributed by atoms with E-state index < -0.39 is 0 Å². The zero-order valence-electron chi connectivity index (χ0n) is 11.8. The fraction of sp³-hybridized carbons (Fsp3) is 0.429. The van der Waals surface area contributed by atoms with Crippen molar-refractivity contribution >= 4 is 23.8 Å². The van der Waals surface area contributed by atoms with Gasteiger partial charge in [0.1, 0.15) is 6.61 Å². The summed E-state index contributed by atoms with van der Waals surface area (Å²) in [4.78, 5) is 2.28. The quantitative estimate of drug-likeness (QED) is 0.878. The van der Waals surface area contributed by atoms with E-state index in [1.54, 1.807) is 9.25 Å². The maximum atomic E-state index is 9.25. The largest absolute Gasteiger partial charge is 0.388 e. The molecule has 0 bridgehead atoms. The van der Waals surface area contributed by atoms with Crippen LogP contribution >= 0.6 is 23.8 Å². The highest BCUT2D eigenvalue weighted by Crippen LogP contribution is 2.22. The predicted octanol–water partition coefficient (Wildman–Crippen LogP) is 2.11. The predicted molar refractivity (Wildman–Crippen MR) is 83.5 cm³/mol. The van der Waals surface area contributed by atoms with E-state index in [1.807, 2.05) is 19.2 Å². The smallest absolute Gasteiger partial charge is 0.198 e. The van der Waals surface area contributed by atoms with Crippen molar-refractivity contribution in [3.63, 3.8) is 0 Å². The van der Waals surface area contributed by atoms with Crippen molar-refractivity contribution in [2.75, 3.05) is 6.54 Å². The van der Waals surface area contributed by atoms with Crippen LogP contribution in [-0.2, 0) is 33.3 Å². The molecule has 0 spiro atoms. The molecule has 0 aliphatic carbocycles. The number of hydrogen-bond acceptors (Lipinski definition) is 4. The van der Waals surface area contributed by atoms with Gasteiger partial charge in [-0.2, -0.15) is 5.10 Å². The maximum Gasteiger partial charge on any atom is 0.198 e. The number of rotatable bonds is 3. The van der Waals surface area contributed by atoms with Crippen LogP contribution in [0.4, 0.5) is 0 Å². The second-order valence-electron chi connectivity index (χ2n) is 5.27. The van der Waals surface area contributed by atoms with Crippen LogP contribution in [0.1, 0.15) is 17.0 Å². The molecule has 5 nitrogen and oxygen atoms in total. The molecule has 0 atom stereocenters. The summed E-state index contributed by atoms with van der Waals surface area (Å²) in [6.45, 7) is 2.31. The zero-order chi connectivity index (χ0) is 15.0. The van der Waals surface area contributed by atoms with E-state index in [0.29, 0.717) is 17.3 Å². The van der Waals surface area contributed by atoms with Gasteiger partial charge in [-0.1, -0.05) is 17.7 Å². The molecule has 1 aliphatic heterocycles. The van der Waals surface area contributed by atoms with Crippen molar-refractivity contribution in [3.05, 3.63) is 44.9 Å². The number of benzene rings is 1. The number of nitrogens with zero attached hydrogens (tertiary/aromatic N) is 4. The summed E-state index contributed by atoms with van der Waals surface area (Å²) in [5.41, 5.74) is 2.62. The number of aliphatic hydroxyl groups excluding tert-OH is 1. The molecule has 0 amide bonds. The van der Waals surface area contributed by atoms with Gasteiger partial charge in [-0.25, -0.2) is 4.68 Å². The Kier molecular flexibility index (Phi) is 4.12. The van der Waals surface area contributed by atoms with Crippen LogP contribution in [0, 0.1) is 4.77 Å². The molecule has 1 aromatic heterocycles. The van der Waals surface area contributed by atoms with E-state index >= 15 is 0 Å². The SMILES string of the molecule is Cn1c(CO)nn(CN2CCc3ccc(Cl)cc3C2)c1=S. The fourth-order valence-corrected chi connectivity index (χ4v) is 3.06. The molecular weight excluding hydrogens is 308 g/mol. The minimum Gasteiger partial charge on any atom is -0.388 e. The van der Waals surface area contributed by atoms with Crippen molar-refractivity contribution in [3.8, 4) is 0 Å². The molecule has 0 radical (unpaired) electrons. The third kappa shape index (κ3) is 2.89. The molecule has 1 aliphatic rings. The van der Waals surface area contributed by atoms with E-state index in [2.05, 4.69) is 16.1 Å². The van der Waals surface area contributed by atoms with Gasteiger partial charge in [0.05, 0.1) is 6.67 Å². The summed E-state index contributed by atoms with van der Waals surface area (Å²) in [6.07, 6.45) is 1.000. The highest BCUT2D eigenvalue weighted by atomic mass is 35.5. The average Bonchev–Trinajstić information content (AvgIpc) is 2.74. The van der Waals surface area contributed by atoms with Crippen molar-refractivity contribution < 1.29 is 5.11 Å². The Morgan fingerprint density at radius 3 is 2.90 bits per heavy atom. The van der Waals surface area contributed by atoms with Crippen LogP contribution in [0.25, 0.3) is 0 Å². The Bertz CT molecular complexity index is 724.